The van der Waals surface area contributed by atoms with Gasteiger partial charge in [-0.05, 0) is 31.7 Å². The fourth-order valence-electron chi connectivity index (χ4n) is 2.93. The molecule has 0 aliphatic heterocycles. The Morgan fingerprint density at radius 2 is 2.40 bits per heavy atom. The van der Waals surface area contributed by atoms with Crippen LogP contribution in [-0.4, -0.2) is 23.5 Å². The number of hydrogen-bond donors (Lipinski definition) is 2. The van der Waals surface area contributed by atoms with Crippen molar-refractivity contribution >= 4 is 17.2 Å². The van der Waals surface area contributed by atoms with Crippen LogP contribution in [-0.2, 0) is 6.42 Å². The minimum atomic E-state index is -0.0158. The first-order valence-electron chi connectivity index (χ1n) is 7.70. The molecule has 1 heterocycles. The van der Waals surface area contributed by atoms with Gasteiger partial charge in [0.2, 0.25) is 0 Å². The summed E-state index contributed by atoms with van der Waals surface area (Å²) in [4.78, 5) is 16.6. The van der Waals surface area contributed by atoms with Crippen molar-refractivity contribution in [3.63, 3.8) is 0 Å². The van der Waals surface area contributed by atoms with E-state index in [0.717, 1.165) is 17.8 Å². The molecule has 1 amide bonds. The highest BCUT2D eigenvalue weighted by molar-refractivity contribution is 7.09. The number of rotatable bonds is 7. The second-order valence-electron chi connectivity index (χ2n) is 5.58. The van der Waals surface area contributed by atoms with Crippen LogP contribution in [0.5, 0.6) is 0 Å². The normalized spacial score (nSPS) is 22.1. The van der Waals surface area contributed by atoms with Crippen LogP contribution in [0.25, 0.3) is 0 Å². The molecule has 0 saturated heterocycles. The van der Waals surface area contributed by atoms with Gasteiger partial charge in [-0.25, -0.2) is 4.98 Å². The first-order chi connectivity index (χ1) is 9.74. The van der Waals surface area contributed by atoms with Crippen LogP contribution >= 0.6 is 11.3 Å². The maximum absolute atomic E-state index is 12.2. The fourth-order valence-corrected chi connectivity index (χ4v) is 3.73. The number of carbonyl (C=O) groups is 1. The smallest absolute Gasteiger partial charge is 0.270 e. The van der Waals surface area contributed by atoms with E-state index >= 15 is 0 Å². The summed E-state index contributed by atoms with van der Waals surface area (Å²) in [6.45, 7) is 2.80. The van der Waals surface area contributed by atoms with Gasteiger partial charge in [-0.2, -0.15) is 0 Å². The van der Waals surface area contributed by atoms with Gasteiger partial charge in [0.05, 0.1) is 5.01 Å². The molecule has 2 unspecified atom stereocenters. The van der Waals surface area contributed by atoms with Crippen molar-refractivity contribution in [3.05, 3.63) is 16.1 Å². The van der Waals surface area contributed by atoms with Gasteiger partial charge in [-0.15, -0.1) is 11.3 Å². The lowest BCUT2D eigenvalue weighted by atomic mass is 9.97. The van der Waals surface area contributed by atoms with E-state index in [2.05, 4.69) is 17.2 Å². The van der Waals surface area contributed by atoms with Crippen LogP contribution in [0.2, 0.25) is 0 Å². The van der Waals surface area contributed by atoms with Crippen LogP contribution < -0.4 is 11.1 Å². The van der Waals surface area contributed by atoms with E-state index in [1.165, 1.54) is 43.4 Å². The largest absolute Gasteiger partial charge is 0.348 e. The Kier molecular flexibility index (Phi) is 5.98. The molecule has 20 heavy (non-hydrogen) atoms. The van der Waals surface area contributed by atoms with E-state index < -0.39 is 0 Å². The van der Waals surface area contributed by atoms with Crippen molar-refractivity contribution in [1.29, 1.82) is 0 Å². The molecule has 1 aliphatic carbocycles. The average Bonchev–Trinajstić information content (AvgIpc) is 3.06. The third-order valence-corrected chi connectivity index (χ3v) is 4.96. The van der Waals surface area contributed by atoms with Crippen molar-refractivity contribution in [3.8, 4) is 0 Å². The predicted octanol–water partition coefficient (Wildman–Crippen LogP) is 2.73. The number of nitrogens with one attached hydrogen (secondary N) is 1. The van der Waals surface area contributed by atoms with E-state index in [-0.39, 0.29) is 5.91 Å². The van der Waals surface area contributed by atoms with E-state index in [1.807, 2.05) is 5.38 Å². The molecule has 1 aromatic heterocycles. The third kappa shape index (κ3) is 4.03. The number of unbranched alkanes of at least 4 members (excludes halogenated alkanes) is 1. The summed E-state index contributed by atoms with van der Waals surface area (Å²) in [6, 6.07) is 0.341. The van der Waals surface area contributed by atoms with Crippen molar-refractivity contribution in [2.24, 2.45) is 11.7 Å². The molecule has 2 rings (SSSR count). The molecule has 3 N–H and O–H groups in total. The summed E-state index contributed by atoms with van der Waals surface area (Å²) in [7, 11) is 0. The summed E-state index contributed by atoms with van der Waals surface area (Å²) in [5.41, 5.74) is 6.06. The van der Waals surface area contributed by atoms with Crippen molar-refractivity contribution < 1.29 is 4.79 Å². The Morgan fingerprint density at radius 1 is 1.55 bits per heavy atom. The Labute approximate surface area is 125 Å². The van der Waals surface area contributed by atoms with E-state index in [9.17, 15) is 4.79 Å². The first-order valence-corrected chi connectivity index (χ1v) is 8.58. The van der Waals surface area contributed by atoms with Crippen LogP contribution in [0.1, 0.15) is 60.9 Å². The minimum Gasteiger partial charge on any atom is -0.348 e. The zero-order valence-corrected chi connectivity index (χ0v) is 13.0. The second kappa shape index (κ2) is 7.74. The van der Waals surface area contributed by atoms with Gasteiger partial charge in [0.25, 0.3) is 5.91 Å². The number of hydrogen-bond acceptors (Lipinski definition) is 4. The standard InChI is InChI=1S/C15H25N3OS/c1-2-3-5-11-6-4-7-12(11)18-15(19)13-10-20-14(17-13)8-9-16/h10-12H,2-9,16H2,1H3,(H,18,19). The van der Waals surface area contributed by atoms with Crippen molar-refractivity contribution in [1.82, 2.24) is 10.3 Å². The fraction of sp³-hybridized carbons (Fsp3) is 0.733. The number of thiazole rings is 1. The molecule has 4 nitrogen and oxygen atoms in total. The summed E-state index contributed by atoms with van der Waals surface area (Å²) < 4.78 is 0. The second-order valence-corrected chi connectivity index (χ2v) is 6.52. The van der Waals surface area contributed by atoms with Gasteiger partial charge >= 0.3 is 0 Å². The molecule has 112 valence electrons. The molecule has 2 atom stereocenters. The van der Waals surface area contributed by atoms with Gasteiger partial charge in [0.1, 0.15) is 5.69 Å². The van der Waals surface area contributed by atoms with Crippen molar-refractivity contribution in [2.45, 2.75) is 57.9 Å². The van der Waals surface area contributed by atoms with Gasteiger partial charge in [-0.1, -0.05) is 26.2 Å². The highest BCUT2D eigenvalue weighted by Gasteiger charge is 2.28. The SMILES string of the molecule is CCCCC1CCCC1NC(=O)c1csc(CCN)n1. The topological polar surface area (TPSA) is 68.0 Å². The molecule has 1 fully saturated rings. The molecule has 0 aromatic carbocycles. The van der Waals surface area contributed by atoms with Crippen LogP contribution in [0.15, 0.2) is 5.38 Å². The number of aromatic nitrogens is 1. The molecule has 0 spiro atoms. The zero-order chi connectivity index (χ0) is 14.4. The van der Waals surface area contributed by atoms with Gasteiger partial charge < -0.3 is 11.1 Å². The van der Waals surface area contributed by atoms with Gasteiger partial charge in [0.15, 0.2) is 0 Å². The van der Waals surface area contributed by atoms with E-state index in [4.69, 9.17) is 5.73 Å². The molecular weight excluding hydrogens is 270 g/mol. The summed E-state index contributed by atoms with van der Waals surface area (Å²) >= 11 is 1.52. The predicted molar refractivity (Wildman–Crippen MR) is 83.0 cm³/mol. The lowest BCUT2D eigenvalue weighted by molar-refractivity contribution is 0.0922. The average molecular weight is 295 g/mol. The summed E-state index contributed by atoms with van der Waals surface area (Å²) in [5.74, 6) is 0.638. The van der Waals surface area contributed by atoms with E-state index in [0.29, 0.717) is 24.2 Å². The molecule has 1 aliphatic rings. The highest BCUT2D eigenvalue weighted by Crippen LogP contribution is 2.30. The number of nitrogens with two attached hydrogens (primary N) is 1. The Balaban J connectivity index is 1.89. The van der Waals surface area contributed by atoms with Gasteiger partial charge in [0, 0.05) is 17.8 Å². The number of amides is 1. The van der Waals surface area contributed by atoms with Crippen LogP contribution in [0.3, 0.4) is 0 Å². The number of carbonyl (C=O) groups excluding carboxylic acids is 1. The lowest BCUT2D eigenvalue weighted by Crippen LogP contribution is -2.37. The molecule has 1 saturated carbocycles. The monoisotopic (exact) mass is 295 g/mol. The van der Waals surface area contributed by atoms with E-state index in [1.54, 1.807) is 0 Å². The summed E-state index contributed by atoms with van der Waals surface area (Å²) in [5, 5.41) is 5.98. The maximum atomic E-state index is 12.2. The Bertz CT molecular complexity index is 433. The molecular formula is C15H25N3OS. The quantitative estimate of drug-likeness (QED) is 0.812. The maximum Gasteiger partial charge on any atom is 0.270 e. The molecule has 0 radical (unpaired) electrons. The summed E-state index contributed by atoms with van der Waals surface area (Å²) in [6.07, 6.45) is 8.06. The third-order valence-electron chi connectivity index (χ3n) is 4.05. The first kappa shape index (κ1) is 15.4. The lowest BCUT2D eigenvalue weighted by Gasteiger charge is -2.20. The highest BCUT2D eigenvalue weighted by atomic mass is 32.1. The minimum absolute atomic E-state index is 0.0158. The Morgan fingerprint density at radius 3 is 3.15 bits per heavy atom. The molecule has 5 heteroatoms. The molecule has 0 bridgehead atoms. The van der Waals surface area contributed by atoms with Crippen LogP contribution in [0, 0.1) is 5.92 Å². The Hall–Kier alpha value is -0.940. The molecule has 1 aromatic rings. The van der Waals surface area contributed by atoms with Crippen LogP contribution in [0.4, 0.5) is 0 Å². The number of nitrogens with zero attached hydrogens (tertiary/aromatic N) is 1. The van der Waals surface area contributed by atoms with Gasteiger partial charge in [-0.3, -0.25) is 4.79 Å². The van der Waals surface area contributed by atoms with Crippen molar-refractivity contribution in [2.75, 3.05) is 6.54 Å². The zero-order valence-electron chi connectivity index (χ0n) is 12.2.